The number of carbonyl (C=O) groups is 1. The summed E-state index contributed by atoms with van der Waals surface area (Å²) in [6, 6.07) is 3.65. The van der Waals surface area contributed by atoms with Gasteiger partial charge in [0.15, 0.2) is 11.5 Å². The van der Waals surface area contributed by atoms with Crippen molar-refractivity contribution >= 4 is 11.6 Å². The Bertz CT molecular complexity index is 799. The lowest BCUT2D eigenvalue weighted by Gasteiger charge is -2.36. The second-order valence-corrected chi connectivity index (χ2v) is 9.76. The van der Waals surface area contributed by atoms with Gasteiger partial charge in [0.2, 0.25) is 0 Å². The van der Waals surface area contributed by atoms with Gasteiger partial charge in [0, 0.05) is 57.4 Å². The number of fused-ring (bicyclic) bond motifs is 1. The first kappa shape index (κ1) is 25.1. The molecule has 34 heavy (non-hydrogen) atoms. The van der Waals surface area contributed by atoms with Gasteiger partial charge < -0.3 is 34.9 Å². The monoisotopic (exact) mass is 475 g/mol. The molecule has 0 radical (unpaired) electrons. The molecule has 0 bridgehead atoms. The molecule has 2 fully saturated rings. The van der Waals surface area contributed by atoms with Gasteiger partial charge in [0.05, 0.1) is 31.0 Å². The summed E-state index contributed by atoms with van der Waals surface area (Å²) in [5.74, 6) is 0.936. The zero-order valence-electron chi connectivity index (χ0n) is 20.5. The van der Waals surface area contributed by atoms with Crippen molar-refractivity contribution in [3.05, 3.63) is 17.7 Å². The highest BCUT2D eigenvalue weighted by atomic mass is 16.5. The SMILES string of the molecule is CNc1cc2c(c(C(=O)NC[C@@H]3CCN(CCCOC4CCCCC4)CC3O)c1)OCCCO2. The van der Waals surface area contributed by atoms with Crippen LogP contribution in [-0.4, -0.2) is 81.2 Å². The minimum absolute atomic E-state index is 0.0435. The fraction of sp³-hybridized carbons (Fsp3) is 0.731. The Morgan fingerprint density at radius 1 is 1.15 bits per heavy atom. The molecule has 1 aromatic carbocycles. The van der Waals surface area contributed by atoms with Gasteiger partial charge >= 0.3 is 0 Å². The molecule has 3 N–H and O–H groups in total. The summed E-state index contributed by atoms with van der Waals surface area (Å²) in [5, 5.41) is 16.8. The van der Waals surface area contributed by atoms with E-state index in [2.05, 4.69) is 15.5 Å². The third-order valence-corrected chi connectivity index (χ3v) is 7.24. The summed E-state index contributed by atoms with van der Waals surface area (Å²) < 4.78 is 17.6. The maximum absolute atomic E-state index is 13.0. The first-order valence-electron chi connectivity index (χ1n) is 13.1. The Morgan fingerprint density at radius 3 is 2.76 bits per heavy atom. The number of piperidine rings is 1. The molecule has 1 saturated heterocycles. The Balaban J connectivity index is 1.22. The Hall–Kier alpha value is -2.03. The average molecular weight is 476 g/mol. The molecule has 1 amide bonds. The maximum Gasteiger partial charge on any atom is 0.255 e. The van der Waals surface area contributed by atoms with Crippen LogP contribution in [0.1, 0.15) is 61.7 Å². The highest BCUT2D eigenvalue weighted by Gasteiger charge is 2.29. The van der Waals surface area contributed by atoms with E-state index >= 15 is 0 Å². The number of aliphatic hydroxyl groups is 1. The number of hydrogen-bond donors (Lipinski definition) is 3. The molecule has 0 spiro atoms. The largest absolute Gasteiger partial charge is 0.489 e. The van der Waals surface area contributed by atoms with Gasteiger partial charge in [-0.25, -0.2) is 0 Å². The number of amides is 1. The van der Waals surface area contributed by atoms with Crippen molar-refractivity contribution in [3.63, 3.8) is 0 Å². The first-order chi connectivity index (χ1) is 16.6. The number of nitrogens with zero attached hydrogens (tertiary/aromatic N) is 1. The predicted molar refractivity (Wildman–Crippen MR) is 132 cm³/mol. The van der Waals surface area contributed by atoms with E-state index in [0.29, 0.717) is 49.5 Å². The third-order valence-electron chi connectivity index (χ3n) is 7.24. The van der Waals surface area contributed by atoms with Crippen molar-refractivity contribution in [3.8, 4) is 11.5 Å². The maximum atomic E-state index is 13.0. The molecular formula is C26H41N3O5. The Labute approximate surface area is 203 Å². The molecule has 1 aliphatic carbocycles. The summed E-state index contributed by atoms with van der Waals surface area (Å²) >= 11 is 0. The Morgan fingerprint density at radius 2 is 1.97 bits per heavy atom. The number of likely N-dealkylation sites (tertiary alicyclic amines) is 1. The van der Waals surface area contributed by atoms with Gasteiger partial charge in [0.1, 0.15) is 0 Å². The quantitative estimate of drug-likeness (QED) is 0.473. The summed E-state index contributed by atoms with van der Waals surface area (Å²) in [5.41, 5.74) is 1.27. The molecule has 2 heterocycles. The molecule has 190 valence electrons. The molecule has 2 aliphatic heterocycles. The van der Waals surface area contributed by atoms with Crippen molar-refractivity contribution in [1.82, 2.24) is 10.2 Å². The van der Waals surface area contributed by atoms with Crippen LogP contribution >= 0.6 is 0 Å². The lowest BCUT2D eigenvalue weighted by Crippen LogP contribution is -2.48. The summed E-state index contributed by atoms with van der Waals surface area (Å²) in [6.07, 6.45) is 8.99. The van der Waals surface area contributed by atoms with E-state index in [0.717, 1.165) is 44.6 Å². The van der Waals surface area contributed by atoms with E-state index in [1.54, 1.807) is 6.07 Å². The lowest BCUT2D eigenvalue weighted by molar-refractivity contribution is 0.00425. The number of hydrogen-bond acceptors (Lipinski definition) is 7. The topological polar surface area (TPSA) is 92.3 Å². The van der Waals surface area contributed by atoms with Crippen LogP contribution in [0.4, 0.5) is 5.69 Å². The van der Waals surface area contributed by atoms with Crippen molar-refractivity contribution in [1.29, 1.82) is 0 Å². The average Bonchev–Trinajstić information content (AvgIpc) is 3.11. The van der Waals surface area contributed by atoms with Gasteiger partial charge in [0.25, 0.3) is 5.91 Å². The second-order valence-electron chi connectivity index (χ2n) is 9.76. The molecule has 1 unspecified atom stereocenters. The number of anilines is 1. The summed E-state index contributed by atoms with van der Waals surface area (Å²) in [7, 11) is 1.81. The van der Waals surface area contributed by atoms with E-state index in [1.807, 2.05) is 13.1 Å². The van der Waals surface area contributed by atoms with Gasteiger partial charge in [-0.2, -0.15) is 0 Å². The van der Waals surface area contributed by atoms with Gasteiger partial charge in [-0.3, -0.25) is 4.79 Å². The van der Waals surface area contributed by atoms with Crippen LogP contribution in [0.25, 0.3) is 0 Å². The van der Waals surface area contributed by atoms with Crippen molar-refractivity contribution < 1.29 is 24.1 Å². The third kappa shape index (κ3) is 6.77. The number of nitrogens with one attached hydrogen (secondary N) is 2. The zero-order valence-corrected chi connectivity index (χ0v) is 20.5. The molecule has 1 aromatic rings. The number of aliphatic hydroxyl groups excluding tert-OH is 1. The van der Waals surface area contributed by atoms with Crippen LogP contribution < -0.4 is 20.1 Å². The molecule has 8 nitrogen and oxygen atoms in total. The summed E-state index contributed by atoms with van der Waals surface area (Å²) in [6.45, 7) is 4.86. The summed E-state index contributed by atoms with van der Waals surface area (Å²) in [4.78, 5) is 15.3. The molecule has 4 rings (SSSR count). The van der Waals surface area contributed by atoms with Crippen LogP contribution in [-0.2, 0) is 4.74 Å². The van der Waals surface area contributed by atoms with Gasteiger partial charge in [-0.15, -0.1) is 0 Å². The van der Waals surface area contributed by atoms with Crippen molar-refractivity contribution in [2.75, 3.05) is 58.4 Å². The minimum atomic E-state index is -0.450. The van der Waals surface area contributed by atoms with Gasteiger partial charge in [-0.05, 0) is 38.3 Å². The molecular weight excluding hydrogens is 434 g/mol. The number of rotatable bonds is 9. The lowest BCUT2D eigenvalue weighted by atomic mass is 9.93. The van der Waals surface area contributed by atoms with E-state index in [9.17, 15) is 9.90 Å². The first-order valence-corrected chi connectivity index (χ1v) is 13.1. The van der Waals surface area contributed by atoms with Crippen LogP contribution in [0.5, 0.6) is 11.5 Å². The predicted octanol–water partition coefficient (Wildman–Crippen LogP) is 3.04. The highest BCUT2D eigenvalue weighted by molar-refractivity contribution is 5.99. The molecule has 1 saturated carbocycles. The number of β-amino-alcohol motifs (C(OH)–C–C–N with tert-alkyl or cyclic N) is 1. The fourth-order valence-electron chi connectivity index (χ4n) is 5.16. The van der Waals surface area contributed by atoms with E-state index in [1.165, 1.54) is 32.1 Å². The zero-order chi connectivity index (χ0) is 23.8. The number of ether oxygens (including phenoxy) is 3. The normalized spacial score (nSPS) is 23.8. The van der Waals surface area contributed by atoms with E-state index in [4.69, 9.17) is 14.2 Å². The molecule has 2 atom stereocenters. The molecule has 0 aromatic heterocycles. The number of carbonyl (C=O) groups excluding carboxylic acids is 1. The van der Waals surface area contributed by atoms with E-state index < -0.39 is 6.10 Å². The standard InChI is InChI=1S/C26H41N3O5/c1-27-20-15-22(25-24(16-20)33-13-6-14-34-25)26(31)28-17-19-9-11-29(18-23(19)30)10-5-12-32-21-7-3-2-4-8-21/h15-16,19,21,23,27,30H,2-14,17-18H2,1H3,(H,28,31)/t19-,23?/m0/s1. The van der Waals surface area contributed by atoms with Crippen LogP contribution in [0.15, 0.2) is 12.1 Å². The second kappa shape index (κ2) is 12.6. The highest BCUT2D eigenvalue weighted by Crippen LogP contribution is 2.36. The molecule has 3 aliphatic rings. The van der Waals surface area contributed by atoms with Crippen LogP contribution in [0, 0.1) is 5.92 Å². The van der Waals surface area contributed by atoms with E-state index in [-0.39, 0.29) is 11.8 Å². The fourth-order valence-corrected chi connectivity index (χ4v) is 5.16. The van der Waals surface area contributed by atoms with Crippen molar-refractivity contribution in [2.24, 2.45) is 5.92 Å². The minimum Gasteiger partial charge on any atom is -0.489 e. The molecule has 8 heteroatoms. The van der Waals surface area contributed by atoms with Crippen LogP contribution in [0.3, 0.4) is 0 Å². The Kier molecular flexibility index (Phi) is 9.30. The van der Waals surface area contributed by atoms with Gasteiger partial charge in [-0.1, -0.05) is 19.3 Å². The smallest absolute Gasteiger partial charge is 0.255 e. The number of benzene rings is 1. The van der Waals surface area contributed by atoms with Crippen molar-refractivity contribution in [2.45, 2.75) is 63.6 Å². The van der Waals surface area contributed by atoms with Crippen LogP contribution in [0.2, 0.25) is 0 Å².